The molecule has 0 heterocycles. The molecule has 0 aliphatic carbocycles. The molecule has 3 rings (SSSR count). The fourth-order valence-electron chi connectivity index (χ4n) is 2.63. The van der Waals surface area contributed by atoms with Crippen LogP contribution in [-0.2, 0) is 22.4 Å². The largest absolute Gasteiger partial charge is 0.457 e. The summed E-state index contributed by atoms with van der Waals surface area (Å²) in [4.78, 5) is 22.1. The Bertz CT molecular complexity index is 924. The smallest absolute Gasteiger partial charge is 0.226 e. The van der Waals surface area contributed by atoms with Crippen molar-refractivity contribution in [2.75, 3.05) is 0 Å². The van der Waals surface area contributed by atoms with Gasteiger partial charge in [-0.15, -0.1) is 0 Å². The van der Waals surface area contributed by atoms with Crippen molar-refractivity contribution in [2.24, 2.45) is 0 Å². The van der Waals surface area contributed by atoms with Gasteiger partial charge in [0.1, 0.15) is 23.0 Å². The molecule has 4 nitrogen and oxygen atoms in total. The van der Waals surface area contributed by atoms with E-state index < -0.39 is 10.5 Å². The third kappa shape index (κ3) is 6.12. The Kier molecular flexibility index (Phi) is 6.69. The van der Waals surface area contributed by atoms with Crippen molar-refractivity contribution in [3.8, 4) is 23.0 Å². The normalized spacial score (nSPS) is 10.4. The Morgan fingerprint density at radius 1 is 0.607 bits per heavy atom. The van der Waals surface area contributed by atoms with Gasteiger partial charge >= 0.3 is 0 Å². The van der Waals surface area contributed by atoms with Crippen molar-refractivity contribution in [1.29, 1.82) is 0 Å². The minimum Gasteiger partial charge on any atom is -0.457 e. The van der Waals surface area contributed by atoms with Crippen LogP contribution in [0.25, 0.3) is 0 Å². The lowest BCUT2D eigenvalue weighted by Gasteiger charge is -2.10. The molecule has 142 valence electrons. The molecule has 6 heteroatoms. The van der Waals surface area contributed by atoms with Crippen molar-refractivity contribution in [3.05, 3.63) is 83.9 Å². The second-order valence-corrected chi connectivity index (χ2v) is 6.88. The lowest BCUT2D eigenvalue weighted by atomic mass is 10.1. The summed E-state index contributed by atoms with van der Waals surface area (Å²) in [6, 6.07) is 21.5. The number of carbonyl (C=O) groups is 2. The van der Waals surface area contributed by atoms with E-state index in [-0.39, 0.29) is 12.8 Å². The van der Waals surface area contributed by atoms with Crippen molar-refractivity contribution >= 4 is 33.7 Å². The molecule has 0 amide bonds. The van der Waals surface area contributed by atoms with Crippen LogP contribution >= 0.6 is 23.2 Å². The molecule has 28 heavy (non-hydrogen) atoms. The molecule has 0 spiro atoms. The molecule has 0 radical (unpaired) electrons. The van der Waals surface area contributed by atoms with Crippen molar-refractivity contribution < 1.29 is 19.1 Å². The van der Waals surface area contributed by atoms with Gasteiger partial charge in [-0.05, 0) is 70.7 Å². The van der Waals surface area contributed by atoms with E-state index in [1.165, 1.54) is 0 Å². The summed E-state index contributed by atoms with van der Waals surface area (Å²) in [6.45, 7) is 0. The van der Waals surface area contributed by atoms with Gasteiger partial charge in [0.2, 0.25) is 10.5 Å². The molecule has 3 aromatic rings. The van der Waals surface area contributed by atoms with Crippen LogP contribution in [0.2, 0.25) is 0 Å². The second kappa shape index (κ2) is 9.40. The molecule has 0 unspecified atom stereocenters. The highest BCUT2D eigenvalue weighted by Crippen LogP contribution is 2.29. The Balaban J connectivity index is 1.72. The van der Waals surface area contributed by atoms with Gasteiger partial charge in [-0.25, -0.2) is 0 Å². The van der Waals surface area contributed by atoms with E-state index in [1.54, 1.807) is 54.6 Å². The molecule has 0 atom stereocenters. The van der Waals surface area contributed by atoms with E-state index in [0.29, 0.717) is 23.0 Å². The summed E-state index contributed by atoms with van der Waals surface area (Å²) < 4.78 is 11.7. The lowest BCUT2D eigenvalue weighted by Crippen LogP contribution is -1.94. The third-order valence-corrected chi connectivity index (χ3v) is 4.03. The number of halogens is 2. The zero-order valence-corrected chi connectivity index (χ0v) is 16.2. The number of hydrogen-bond acceptors (Lipinski definition) is 4. The monoisotopic (exact) mass is 414 g/mol. The van der Waals surface area contributed by atoms with Crippen LogP contribution in [0.1, 0.15) is 11.1 Å². The SMILES string of the molecule is O=C(Cl)Cc1cccc(Oc2cccc(Oc3cccc(CC(=O)Cl)c3)c2)c1. The standard InChI is InChI=1S/C22H16Cl2O4/c23-21(25)12-15-4-1-6-17(10-15)27-19-8-3-9-20(14-19)28-18-7-2-5-16(11-18)13-22(24)26/h1-11,14H,12-13H2. The molecular weight excluding hydrogens is 399 g/mol. The van der Waals surface area contributed by atoms with Gasteiger partial charge in [0, 0.05) is 18.9 Å². The first-order valence-electron chi connectivity index (χ1n) is 8.48. The first-order valence-corrected chi connectivity index (χ1v) is 9.24. The van der Waals surface area contributed by atoms with Crippen LogP contribution in [0.4, 0.5) is 0 Å². The molecule has 0 aliphatic rings. The first kappa shape index (κ1) is 19.9. The topological polar surface area (TPSA) is 52.6 Å². The van der Waals surface area contributed by atoms with E-state index >= 15 is 0 Å². The van der Waals surface area contributed by atoms with E-state index in [9.17, 15) is 9.59 Å². The molecule has 0 saturated carbocycles. The van der Waals surface area contributed by atoms with Crippen molar-refractivity contribution in [1.82, 2.24) is 0 Å². The summed E-state index contributed by atoms with van der Waals surface area (Å²) in [5, 5.41) is -0.851. The fraction of sp³-hybridized carbons (Fsp3) is 0.0909. The van der Waals surface area contributed by atoms with E-state index in [2.05, 4.69) is 0 Å². The summed E-state index contributed by atoms with van der Waals surface area (Å²) in [5.74, 6) is 2.35. The Morgan fingerprint density at radius 2 is 0.964 bits per heavy atom. The van der Waals surface area contributed by atoms with Crippen LogP contribution in [-0.4, -0.2) is 10.5 Å². The van der Waals surface area contributed by atoms with E-state index in [0.717, 1.165) is 11.1 Å². The summed E-state index contributed by atoms with van der Waals surface area (Å²) >= 11 is 10.9. The minimum absolute atomic E-state index is 0.142. The highest BCUT2D eigenvalue weighted by molar-refractivity contribution is 6.64. The zero-order valence-electron chi connectivity index (χ0n) is 14.7. The van der Waals surface area contributed by atoms with E-state index in [4.69, 9.17) is 32.7 Å². The van der Waals surface area contributed by atoms with E-state index in [1.807, 2.05) is 18.2 Å². The fourth-order valence-corrected chi connectivity index (χ4v) is 2.94. The number of rotatable bonds is 8. The molecule has 0 saturated heterocycles. The maximum Gasteiger partial charge on any atom is 0.226 e. The molecule has 0 fully saturated rings. The number of carbonyl (C=O) groups excluding carboxylic acids is 2. The van der Waals surface area contributed by atoms with Crippen LogP contribution in [0.5, 0.6) is 23.0 Å². The van der Waals surface area contributed by atoms with Crippen LogP contribution in [0.15, 0.2) is 72.8 Å². The number of benzene rings is 3. The Labute approximate surface area is 172 Å². The van der Waals surface area contributed by atoms with Crippen LogP contribution in [0, 0.1) is 0 Å². The number of hydrogen-bond donors (Lipinski definition) is 0. The summed E-state index contributed by atoms with van der Waals surface area (Å²) in [6.07, 6.45) is 0.284. The van der Waals surface area contributed by atoms with Crippen LogP contribution in [0.3, 0.4) is 0 Å². The predicted octanol–water partition coefficient (Wildman–Crippen LogP) is 5.89. The van der Waals surface area contributed by atoms with Crippen molar-refractivity contribution in [3.63, 3.8) is 0 Å². The third-order valence-electron chi connectivity index (χ3n) is 3.76. The van der Waals surface area contributed by atoms with Crippen LogP contribution < -0.4 is 9.47 Å². The zero-order chi connectivity index (χ0) is 19.9. The van der Waals surface area contributed by atoms with Gasteiger partial charge in [-0.3, -0.25) is 9.59 Å². The maximum absolute atomic E-state index is 11.1. The van der Waals surface area contributed by atoms with Crippen molar-refractivity contribution in [2.45, 2.75) is 12.8 Å². The average molecular weight is 415 g/mol. The quantitative estimate of drug-likeness (QED) is 0.431. The predicted molar refractivity (Wildman–Crippen MR) is 109 cm³/mol. The highest BCUT2D eigenvalue weighted by Gasteiger charge is 2.06. The Hall–Kier alpha value is -2.82. The second-order valence-electron chi connectivity index (χ2n) is 6.04. The van der Waals surface area contributed by atoms with Gasteiger partial charge < -0.3 is 9.47 Å². The maximum atomic E-state index is 11.1. The van der Waals surface area contributed by atoms with Gasteiger partial charge in [0.25, 0.3) is 0 Å². The molecule has 3 aromatic carbocycles. The Morgan fingerprint density at radius 3 is 1.36 bits per heavy atom. The highest BCUT2D eigenvalue weighted by atomic mass is 35.5. The molecule has 0 N–H and O–H groups in total. The molecular formula is C22H16Cl2O4. The average Bonchev–Trinajstić information content (AvgIpc) is 2.61. The van der Waals surface area contributed by atoms with Gasteiger partial charge in [-0.1, -0.05) is 30.3 Å². The number of ether oxygens (including phenoxy) is 2. The molecule has 0 aromatic heterocycles. The molecule has 0 bridgehead atoms. The van der Waals surface area contributed by atoms with Gasteiger partial charge in [-0.2, -0.15) is 0 Å². The summed E-state index contributed by atoms with van der Waals surface area (Å²) in [7, 11) is 0. The first-order chi connectivity index (χ1) is 13.5. The van der Waals surface area contributed by atoms with Gasteiger partial charge in [0.05, 0.1) is 0 Å². The molecule has 0 aliphatic heterocycles. The summed E-state index contributed by atoms with van der Waals surface area (Å²) in [5.41, 5.74) is 1.55. The minimum atomic E-state index is -0.425. The lowest BCUT2D eigenvalue weighted by molar-refractivity contribution is -0.111. The van der Waals surface area contributed by atoms with Gasteiger partial charge in [0.15, 0.2) is 0 Å².